The van der Waals surface area contributed by atoms with Crippen LogP contribution in [0.3, 0.4) is 0 Å². The first-order valence-electron chi connectivity index (χ1n) is 5.18. The highest BCUT2D eigenvalue weighted by Crippen LogP contribution is 2.55. The van der Waals surface area contributed by atoms with Gasteiger partial charge in [0.15, 0.2) is 9.38 Å². The van der Waals surface area contributed by atoms with E-state index in [0.717, 1.165) is 5.56 Å². The summed E-state index contributed by atoms with van der Waals surface area (Å²) in [6, 6.07) is 9.21. The summed E-state index contributed by atoms with van der Waals surface area (Å²) in [5.74, 6) is -0.504. The van der Waals surface area contributed by atoms with E-state index in [1.165, 1.54) is 19.3 Å². The van der Waals surface area contributed by atoms with Crippen molar-refractivity contribution in [3.05, 3.63) is 58.9 Å². The molecule has 0 radical (unpaired) electrons. The van der Waals surface area contributed by atoms with Gasteiger partial charge in [-0.15, -0.1) is 0 Å². The molecule has 0 saturated carbocycles. The van der Waals surface area contributed by atoms with Gasteiger partial charge in [-0.05, 0) is 17.7 Å². The van der Waals surface area contributed by atoms with Crippen molar-refractivity contribution in [2.75, 3.05) is 7.11 Å². The molecule has 1 nitrogen and oxygen atoms in total. The topological polar surface area (TPSA) is 9.23 Å². The van der Waals surface area contributed by atoms with Crippen molar-refractivity contribution in [1.29, 1.82) is 0 Å². The molecule has 0 bridgehead atoms. The second-order valence-electron chi connectivity index (χ2n) is 3.90. The SMILES string of the molecule is COC1(c2ccccc2)C(Cl)=CC(F)=CC1(Cl)Br. The normalized spacial score (nSPS) is 31.8. The molecule has 2 atom stereocenters. The average Bonchev–Trinajstić information content (AvgIpc) is 2.29. The van der Waals surface area contributed by atoms with Crippen LogP contribution in [0.4, 0.5) is 4.39 Å². The maximum atomic E-state index is 13.5. The molecule has 0 spiro atoms. The van der Waals surface area contributed by atoms with Gasteiger partial charge >= 0.3 is 0 Å². The van der Waals surface area contributed by atoms with E-state index in [4.69, 9.17) is 27.9 Å². The van der Waals surface area contributed by atoms with Crippen molar-refractivity contribution in [2.45, 2.75) is 9.38 Å². The first-order chi connectivity index (χ1) is 8.44. The van der Waals surface area contributed by atoms with Gasteiger partial charge < -0.3 is 4.74 Å². The predicted molar refractivity (Wildman–Crippen MR) is 75.8 cm³/mol. The second-order valence-corrected chi connectivity index (χ2v) is 6.61. The molecule has 2 unspecified atom stereocenters. The quantitative estimate of drug-likeness (QED) is 0.692. The van der Waals surface area contributed by atoms with E-state index in [-0.39, 0.29) is 5.03 Å². The maximum absolute atomic E-state index is 13.5. The summed E-state index contributed by atoms with van der Waals surface area (Å²) in [4.78, 5) is 0. The van der Waals surface area contributed by atoms with Gasteiger partial charge in [-0.1, -0.05) is 69.5 Å². The molecule has 5 heteroatoms. The first kappa shape index (κ1) is 14.1. The Hall–Kier alpha value is -0.350. The van der Waals surface area contributed by atoms with E-state index < -0.39 is 15.2 Å². The minimum Gasteiger partial charge on any atom is -0.365 e. The molecule has 0 aliphatic heterocycles. The number of ether oxygens (including phenoxy) is 1. The summed E-state index contributed by atoms with van der Waals surface area (Å²) < 4.78 is 17.7. The van der Waals surface area contributed by atoms with Crippen LogP contribution in [0.1, 0.15) is 5.56 Å². The molecule has 96 valence electrons. The van der Waals surface area contributed by atoms with E-state index in [2.05, 4.69) is 15.9 Å². The van der Waals surface area contributed by atoms with Crippen LogP contribution in [0.2, 0.25) is 0 Å². The number of methoxy groups -OCH3 is 1. The molecular formula is C13H10BrCl2FO. The molecule has 0 heterocycles. The number of hydrogen-bond acceptors (Lipinski definition) is 1. The van der Waals surface area contributed by atoms with E-state index >= 15 is 0 Å². The number of benzene rings is 1. The zero-order chi connectivity index (χ0) is 13.4. The van der Waals surface area contributed by atoms with Crippen LogP contribution in [0, 0.1) is 0 Å². The van der Waals surface area contributed by atoms with E-state index in [1.54, 1.807) is 0 Å². The smallest absolute Gasteiger partial charge is 0.161 e. The molecular weight excluding hydrogens is 342 g/mol. The molecule has 1 aromatic rings. The van der Waals surface area contributed by atoms with Crippen molar-refractivity contribution in [3.63, 3.8) is 0 Å². The average molecular weight is 352 g/mol. The lowest BCUT2D eigenvalue weighted by atomic mass is 9.86. The van der Waals surface area contributed by atoms with Crippen molar-refractivity contribution in [2.24, 2.45) is 0 Å². The summed E-state index contributed by atoms with van der Waals surface area (Å²) in [6.45, 7) is 0. The molecule has 0 N–H and O–H groups in total. The largest absolute Gasteiger partial charge is 0.365 e. The fourth-order valence-corrected chi connectivity index (χ4v) is 3.87. The van der Waals surface area contributed by atoms with Crippen molar-refractivity contribution in [3.8, 4) is 0 Å². The predicted octanol–water partition coefficient (Wildman–Crippen LogP) is 4.85. The van der Waals surface area contributed by atoms with Crippen LogP contribution in [0.5, 0.6) is 0 Å². The van der Waals surface area contributed by atoms with Gasteiger partial charge in [0, 0.05) is 7.11 Å². The molecule has 0 aromatic heterocycles. The third kappa shape index (κ3) is 2.03. The lowest BCUT2D eigenvalue weighted by molar-refractivity contribution is 0.0223. The third-order valence-corrected chi connectivity index (χ3v) is 4.41. The van der Waals surface area contributed by atoms with E-state index in [0.29, 0.717) is 0 Å². The molecule has 0 fully saturated rings. The molecule has 1 aliphatic carbocycles. The number of allylic oxidation sites excluding steroid dienone is 2. The van der Waals surface area contributed by atoms with Gasteiger partial charge in [0.1, 0.15) is 5.83 Å². The number of rotatable bonds is 2. The van der Waals surface area contributed by atoms with E-state index in [1.807, 2.05) is 30.3 Å². The highest BCUT2D eigenvalue weighted by Gasteiger charge is 2.54. The second kappa shape index (κ2) is 4.97. The van der Waals surface area contributed by atoms with Gasteiger partial charge in [-0.2, -0.15) is 0 Å². The summed E-state index contributed by atoms with van der Waals surface area (Å²) >= 11 is 15.9. The number of halogens is 4. The fraction of sp³-hybridized carbons (Fsp3) is 0.231. The Morgan fingerprint density at radius 2 is 1.89 bits per heavy atom. The summed E-state index contributed by atoms with van der Waals surface area (Å²) in [7, 11) is 1.48. The van der Waals surface area contributed by atoms with Crippen molar-refractivity contribution in [1.82, 2.24) is 0 Å². The van der Waals surface area contributed by atoms with E-state index in [9.17, 15) is 4.39 Å². The first-order valence-corrected chi connectivity index (χ1v) is 6.73. The lowest BCUT2D eigenvalue weighted by Crippen LogP contribution is -2.46. The summed E-state index contributed by atoms with van der Waals surface area (Å²) in [5, 5.41) is 0.183. The van der Waals surface area contributed by atoms with Crippen LogP contribution in [-0.4, -0.2) is 10.9 Å². The van der Waals surface area contributed by atoms with Crippen LogP contribution in [0.15, 0.2) is 53.3 Å². The van der Waals surface area contributed by atoms with Gasteiger partial charge in [0.2, 0.25) is 0 Å². The minimum absolute atomic E-state index is 0.183. The van der Waals surface area contributed by atoms with Crippen molar-refractivity contribution < 1.29 is 9.13 Å². The Balaban J connectivity index is 2.67. The maximum Gasteiger partial charge on any atom is 0.161 e. The number of hydrogen-bond donors (Lipinski definition) is 0. The Morgan fingerprint density at radius 1 is 1.28 bits per heavy atom. The molecule has 0 amide bonds. The molecule has 2 rings (SSSR count). The monoisotopic (exact) mass is 350 g/mol. The van der Waals surface area contributed by atoms with Gasteiger partial charge in [-0.3, -0.25) is 0 Å². The minimum atomic E-state index is -1.29. The Kier molecular flexibility index (Phi) is 3.88. The lowest BCUT2D eigenvalue weighted by Gasteiger charge is -2.42. The van der Waals surface area contributed by atoms with Crippen LogP contribution < -0.4 is 0 Å². The number of alkyl halides is 2. The Morgan fingerprint density at radius 3 is 2.39 bits per heavy atom. The van der Waals surface area contributed by atoms with Gasteiger partial charge in [0.05, 0.1) is 5.03 Å². The standard InChI is InChI=1S/C13H10BrCl2FO/c1-18-13(9-5-3-2-4-6-9)11(15)7-10(17)8-12(13,14)16/h2-8H,1H3. The molecule has 1 aromatic carbocycles. The van der Waals surface area contributed by atoms with Crippen LogP contribution in [0.25, 0.3) is 0 Å². The zero-order valence-corrected chi connectivity index (χ0v) is 12.6. The highest BCUT2D eigenvalue weighted by atomic mass is 79.9. The molecule has 18 heavy (non-hydrogen) atoms. The molecule has 0 saturated heterocycles. The van der Waals surface area contributed by atoms with Gasteiger partial charge in [0.25, 0.3) is 0 Å². The molecule has 1 aliphatic rings. The summed E-state index contributed by atoms with van der Waals surface area (Å²) in [5.41, 5.74) is -0.420. The van der Waals surface area contributed by atoms with Gasteiger partial charge in [-0.25, -0.2) is 4.39 Å². The van der Waals surface area contributed by atoms with Crippen molar-refractivity contribution >= 4 is 39.1 Å². The fourth-order valence-electron chi connectivity index (χ4n) is 2.05. The third-order valence-electron chi connectivity index (χ3n) is 2.88. The zero-order valence-electron chi connectivity index (χ0n) is 9.46. The van der Waals surface area contributed by atoms with Crippen LogP contribution >= 0.6 is 39.1 Å². The Bertz CT molecular complexity index is 513. The van der Waals surface area contributed by atoms with Crippen LogP contribution in [-0.2, 0) is 10.3 Å². The highest BCUT2D eigenvalue weighted by molar-refractivity contribution is 9.10. The summed E-state index contributed by atoms with van der Waals surface area (Å²) in [6.07, 6.45) is 2.44. The Labute approximate surface area is 123 Å².